The lowest BCUT2D eigenvalue weighted by Gasteiger charge is -2.35. The van der Waals surface area contributed by atoms with E-state index in [1.54, 1.807) is 0 Å². The molecule has 0 radical (unpaired) electrons. The maximum absolute atomic E-state index is 4.56. The molecule has 0 saturated carbocycles. The normalized spacial score (nSPS) is 25.4. The van der Waals surface area contributed by atoms with Crippen molar-refractivity contribution in [3.8, 4) is 0 Å². The summed E-state index contributed by atoms with van der Waals surface area (Å²) in [4.78, 5) is 6.99. The fourth-order valence-corrected chi connectivity index (χ4v) is 3.99. The van der Waals surface area contributed by atoms with Crippen molar-refractivity contribution in [2.75, 3.05) is 24.5 Å². The standard InChI is InChI=1S/C15H25N3S/c1-5-16-13(4)14-6-7-17-15(8-14)18-9-11(2)19-12(3)10-18/h6-8,11-13,16H,5,9-10H2,1-4H3. The summed E-state index contributed by atoms with van der Waals surface area (Å²) >= 11 is 2.08. The molecule has 0 aromatic carbocycles. The number of nitrogens with zero attached hydrogens (tertiary/aromatic N) is 2. The summed E-state index contributed by atoms with van der Waals surface area (Å²) in [5.74, 6) is 1.13. The molecular formula is C15H25N3S. The summed E-state index contributed by atoms with van der Waals surface area (Å²) in [6, 6.07) is 4.74. The molecule has 0 bridgehead atoms. The predicted octanol–water partition coefficient (Wildman–Crippen LogP) is 3.08. The molecule has 1 aromatic rings. The molecule has 3 atom stereocenters. The van der Waals surface area contributed by atoms with Crippen LogP contribution in [0.3, 0.4) is 0 Å². The van der Waals surface area contributed by atoms with Gasteiger partial charge in [-0.05, 0) is 31.2 Å². The molecule has 1 saturated heterocycles. The zero-order valence-corrected chi connectivity index (χ0v) is 13.2. The van der Waals surface area contributed by atoms with Crippen molar-refractivity contribution in [2.24, 2.45) is 0 Å². The Morgan fingerprint density at radius 2 is 2.11 bits per heavy atom. The van der Waals surface area contributed by atoms with Crippen molar-refractivity contribution in [1.82, 2.24) is 10.3 Å². The Balaban J connectivity index is 2.13. The highest BCUT2D eigenvalue weighted by atomic mass is 32.2. The van der Waals surface area contributed by atoms with Crippen LogP contribution in [0.4, 0.5) is 5.82 Å². The summed E-state index contributed by atoms with van der Waals surface area (Å²) in [5, 5.41) is 4.82. The van der Waals surface area contributed by atoms with Crippen LogP contribution in [0.15, 0.2) is 18.3 Å². The van der Waals surface area contributed by atoms with Crippen molar-refractivity contribution in [1.29, 1.82) is 0 Å². The number of anilines is 1. The van der Waals surface area contributed by atoms with Gasteiger partial charge in [-0.3, -0.25) is 0 Å². The van der Waals surface area contributed by atoms with Crippen molar-refractivity contribution in [3.63, 3.8) is 0 Å². The van der Waals surface area contributed by atoms with Crippen LogP contribution in [0, 0.1) is 0 Å². The summed E-state index contributed by atoms with van der Waals surface area (Å²) in [7, 11) is 0. The molecule has 0 amide bonds. The van der Waals surface area contributed by atoms with Gasteiger partial charge >= 0.3 is 0 Å². The minimum Gasteiger partial charge on any atom is -0.354 e. The third kappa shape index (κ3) is 3.86. The molecule has 1 N–H and O–H groups in total. The second-order valence-corrected chi connectivity index (χ2v) is 7.27. The van der Waals surface area contributed by atoms with E-state index in [0.717, 1.165) is 25.5 Å². The minimum atomic E-state index is 0.390. The number of nitrogens with one attached hydrogen (secondary N) is 1. The third-order valence-electron chi connectivity index (χ3n) is 3.52. The first kappa shape index (κ1) is 14.7. The number of hydrogen-bond donors (Lipinski definition) is 1. The van der Waals surface area contributed by atoms with E-state index < -0.39 is 0 Å². The lowest BCUT2D eigenvalue weighted by molar-refractivity contribution is 0.596. The Morgan fingerprint density at radius 3 is 2.74 bits per heavy atom. The van der Waals surface area contributed by atoms with Gasteiger partial charge in [0.15, 0.2) is 0 Å². The van der Waals surface area contributed by atoms with E-state index in [0.29, 0.717) is 16.5 Å². The molecule has 4 heteroatoms. The molecule has 1 aliphatic rings. The van der Waals surface area contributed by atoms with Crippen LogP contribution in [-0.2, 0) is 0 Å². The molecule has 106 valence electrons. The zero-order chi connectivity index (χ0) is 13.8. The lowest BCUT2D eigenvalue weighted by atomic mass is 10.1. The van der Waals surface area contributed by atoms with E-state index in [9.17, 15) is 0 Å². The summed E-state index contributed by atoms with van der Waals surface area (Å²) < 4.78 is 0. The third-order valence-corrected chi connectivity index (χ3v) is 4.75. The molecule has 3 unspecified atom stereocenters. The van der Waals surface area contributed by atoms with Crippen LogP contribution >= 0.6 is 11.8 Å². The topological polar surface area (TPSA) is 28.2 Å². The van der Waals surface area contributed by atoms with Gasteiger partial charge in [-0.1, -0.05) is 20.8 Å². The molecular weight excluding hydrogens is 254 g/mol. The molecule has 2 heterocycles. The maximum atomic E-state index is 4.56. The Labute approximate surface area is 121 Å². The number of rotatable bonds is 4. The van der Waals surface area contributed by atoms with Crippen molar-refractivity contribution in [3.05, 3.63) is 23.9 Å². The fraction of sp³-hybridized carbons (Fsp3) is 0.667. The van der Waals surface area contributed by atoms with Crippen LogP contribution in [0.1, 0.15) is 39.3 Å². The number of thioether (sulfide) groups is 1. The van der Waals surface area contributed by atoms with Crippen molar-refractivity contribution < 1.29 is 0 Å². The Hall–Kier alpha value is -0.740. The summed E-state index contributed by atoms with van der Waals surface area (Å²) in [5.41, 5.74) is 1.32. The van der Waals surface area contributed by atoms with Crippen LogP contribution in [0.25, 0.3) is 0 Å². The largest absolute Gasteiger partial charge is 0.354 e. The van der Waals surface area contributed by atoms with Crippen LogP contribution in [-0.4, -0.2) is 35.1 Å². The summed E-state index contributed by atoms with van der Waals surface area (Å²) in [6.07, 6.45) is 1.94. The quantitative estimate of drug-likeness (QED) is 0.917. The SMILES string of the molecule is CCNC(C)c1ccnc(N2CC(C)SC(C)C2)c1. The van der Waals surface area contributed by atoms with E-state index in [4.69, 9.17) is 0 Å². The molecule has 1 aliphatic heterocycles. The fourth-order valence-electron chi connectivity index (χ4n) is 2.67. The molecule has 3 nitrogen and oxygen atoms in total. The van der Waals surface area contributed by atoms with Crippen molar-refractivity contribution in [2.45, 2.75) is 44.2 Å². The highest BCUT2D eigenvalue weighted by Gasteiger charge is 2.23. The molecule has 1 aromatic heterocycles. The predicted molar refractivity (Wildman–Crippen MR) is 85.1 cm³/mol. The highest BCUT2D eigenvalue weighted by molar-refractivity contribution is 8.00. The monoisotopic (exact) mass is 279 g/mol. The van der Waals surface area contributed by atoms with Gasteiger partial charge in [0.25, 0.3) is 0 Å². The van der Waals surface area contributed by atoms with Gasteiger partial charge in [0, 0.05) is 35.8 Å². The van der Waals surface area contributed by atoms with Crippen LogP contribution in [0.2, 0.25) is 0 Å². The first-order valence-corrected chi connectivity index (χ1v) is 8.14. The van der Waals surface area contributed by atoms with Crippen molar-refractivity contribution >= 4 is 17.6 Å². The van der Waals surface area contributed by atoms with Gasteiger partial charge < -0.3 is 10.2 Å². The molecule has 1 fully saturated rings. The Morgan fingerprint density at radius 1 is 1.42 bits per heavy atom. The summed E-state index contributed by atoms with van der Waals surface area (Å²) in [6.45, 7) is 12.1. The number of aromatic nitrogens is 1. The van der Waals surface area contributed by atoms with Gasteiger partial charge in [-0.25, -0.2) is 4.98 Å². The van der Waals surface area contributed by atoms with Gasteiger partial charge in [0.05, 0.1) is 0 Å². The van der Waals surface area contributed by atoms with E-state index in [1.807, 2.05) is 6.20 Å². The Kier molecular flexibility index (Phi) is 5.11. The molecule has 0 spiro atoms. The van der Waals surface area contributed by atoms with E-state index >= 15 is 0 Å². The highest BCUT2D eigenvalue weighted by Crippen LogP contribution is 2.28. The smallest absolute Gasteiger partial charge is 0.128 e. The van der Waals surface area contributed by atoms with E-state index in [-0.39, 0.29) is 0 Å². The zero-order valence-electron chi connectivity index (χ0n) is 12.4. The minimum absolute atomic E-state index is 0.390. The van der Waals surface area contributed by atoms with Gasteiger partial charge in [-0.15, -0.1) is 0 Å². The molecule has 0 aliphatic carbocycles. The molecule has 19 heavy (non-hydrogen) atoms. The number of hydrogen-bond acceptors (Lipinski definition) is 4. The maximum Gasteiger partial charge on any atom is 0.128 e. The van der Waals surface area contributed by atoms with E-state index in [2.05, 4.69) is 66.8 Å². The average molecular weight is 279 g/mol. The first-order chi connectivity index (χ1) is 9.10. The molecule has 2 rings (SSSR count). The van der Waals surface area contributed by atoms with Crippen LogP contribution < -0.4 is 10.2 Å². The van der Waals surface area contributed by atoms with Gasteiger partial charge in [0.2, 0.25) is 0 Å². The average Bonchev–Trinajstić information content (AvgIpc) is 2.38. The number of pyridine rings is 1. The second kappa shape index (κ2) is 6.62. The van der Waals surface area contributed by atoms with Crippen LogP contribution in [0.5, 0.6) is 0 Å². The second-order valence-electron chi connectivity index (χ2n) is 5.39. The van der Waals surface area contributed by atoms with Gasteiger partial charge in [-0.2, -0.15) is 11.8 Å². The first-order valence-electron chi connectivity index (χ1n) is 7.20. The van der Waals surface area contributed by atoms with Gasteiger partial charge in [0.1, 0.15) is 5.82 Å². The van der Waals surface area contributed by atoms with E-state index in [1.165, 1.54) is 5.56 Å². The Bertz CT molecular complexity index is 400. The lowest BCUT2D eigenvalue weighted by Crippen LogP contribution is -2.40.